The summed E-state index contributed by atoms with van der Waals surface area (Å²) in [4.78, 5) is 88.8. The average Bonchev–Trinajstić information content (AvgIpc) is 1.57. The second kappa shape index (κ2) is 33.5. The van der Waals surface area contributed by atoms with Gasteiger partial charge in [-0.25, -0.2) is 79.7 Å². The van der Waals surface area contributed by atoms with Crippen molar-refractivity contribution >= 4 is 131 Å². The molecule has 0 atom stereocenters. The number of pyridine rings is 4. The number of aromatic nitrogens is 28. The zero-order valence-electron chi connectivity index (χ0n) is 71.8. The van der Waals surface area contributed by atoms with Crippen LogP contribution in [0, 0.1) is 0 Å². The minimum absolute atomic E-state index is 0.524. The molecule has 0 amide bonds. The van der Waals surface area contributed by atoms with Gasteiger partial charge >= 0.3 is 0 Å². The van der Waals surface area contributed by atoms with Crippen LogP contribution in [0.4, 0.5) is 0 Å². The highest BCUT2D eigenvalue weighted by Gasteiger charge is 2.29. The maximum absolute atomic E-state index is 5.17. The second-order valence-electron chi connectivity index (χ2n) is 31.8. The maximum Gasteiger partial charge on any atom is 0.238 e. The maximum atomic E-state index is 5.17. The molecule has 16 heterocycles. The average molecular weight is 1760 g/mol. The molecule has 640 valence electrons. The first kappa shape index (κ1) is 78.6. The summed E-state index contributed by atoms with van der Waals surface area (Å²) in [5.74, 6) is 5.12. The Bertz CT molecular complexity index is 8230. The van der Waals surface area contributed by atoms with E-state index in [1.54, 1.807) is 49.6 Å². The van der Waals surface area contributed by atoms with E-state index in [0.717, 1.165) is 200 Å². The van der Waals surface area contributed by atoms with Crippen molar-refractivity contribution in [2.75, 3.05) is 0 Å². The van der Waals surface area contributed by atoms with Crippen molar-refractivity contribution in [2.45, 2.75) is 0 Å². The molecule has 16 aromatic heterocycles. The molecule has 0 radical (unpaired) electrons. The van der Waals surface area contributed by atoms with Crippen molar-refractivity contribution in [3.05, 3.63) is 416 Å². The molecule has 28 nitrogen and oxygen atoms in total. The van der Waals surface area contributed by atoms with Crippen LogP contribution in [0.3, 0.4) is 0 Å². The number of nitrogens with zero attached hydrogens (tertiary/aromatic N) is 28. The lowest BCUT2D eigenvalue weighted by molar-refractivity contribution is 0.917. The molecule has 12 aromatic carbocycles. The molecule has 28 rings (SSSR count). The number of fused-ring (bicyclic) bond motifs is 20. The first-order valence-electron chi connectivity index (χ1n) is 43.7. The van der Waals surface area contributed by atoms with Crippen LogP contribution in [0.1, 0.15) is 0 Å². The molecule has 0 saturated carbocycles. The molecule has 28 aromatic rings. The Labute approximate surface area is 770 Å². The molecule has 0 spiro atoms. The first-order valence-corrected chi connectivity index (χ1v) is 43.7. The predicted molar refractivity (Wildman–Crippen MR) is 528 cm³/mol. The Morgan fingerprint density at radius 3 is 0.537 bits per heavy atom. The number of imidazole rings is 4. The normalized spacial score (nSPS) is 11.5. The molecule has 0 unspecified atom stereocenters. The van der Waals surface area contributed by atoms with Crippen molar-refractivity contribution in [1.29, 1.82) is 0 Å². The van der Waals surface area contributed by atoms with E-state index in [1.807, 2.05) is 91.1 Å². The first-order chi connectivity index (χ1) is 67.6. The summed E-state index contributed by atoms with van der Waals surface area (Å²) in [7, 11) is 0. The zero-order chi connectivity index (χ0) is 89.9. The smallest absolute Gasteiger partial charge is 0.238 e. The summed E-state index contributed by atoms with van der Waals surface area (Å²) in [6.45, 7) is 0. The highest BCUT2D eigenvalue weighted by molar-refractivity contribution is 6.24. The van der Waals surface area contributed by atoms with Crippen LogP contribution in [-0.2, 0) is 0 Å². The van der Waals surface area contributed by atoms with Crippen LogP contribution in [-0.4, -0.2) is 136 Å². The van der Waals surface area contributed by atoms with Crippen LogP contribution in [0.5, 0.6) is 0 Å². The summed E-state index contributed by atoms with van der Waals surface area (Å²) in [5, 5.41) is 8.98. The van der Waals surface area contributed by atoms with Crippen LogP contribution >= 0.6 is 0 Å². The Kier molecular flexibility index (Phi) is 19.3. The quantitative estimate of drug-likeness (QED) is 0.110. The largest absolute Gasteiger partial charge is 0.309 e. The van der Waals surface area contributed by atoms with E-state index in [9.17, 15) is 0 Å². The molecule has 0 N–H and O–H groups in total. The molecule has 0 bridgehead atoms. The van der Waals surface area contributed by atoms with E-state index in [2.05, 4.69) is 341 Å². The van der Waals surface area contributed by atoms with Crippen molar-refractivity contribution < 1.29 is 0 Å². The molecule has 28 heteroatoms. The molecular formula is C108H68N28. The lowest BCUT2D eigenvalue weighted by Gasteiger charge is -2.08. The third-order valence-corrected chi connectivity index (χ3v) is 24.4. The van der Waals surface area contributed by atoms with Gasteiger partial charge in [-0.15, -0.1) is 0 Å². The van der Waals surface area contributed by atoms with Gasteiger partial charge in [0.15, 0.2) is 0 Å². The second-order valence-corrected chi connectivity index (χ2v) is 31.8. The summed E-state index contributed by atoms with van der Waals surface area (Å²) >= 11 is 0. The number of rotatable bonds is 12. The van der Waals surface area contributed by atoms with Gasteiger partial charge in [0.05, 0.1) is 88.3 Å². The summed E-state index contributed by atoms with van der Waals surface area (Å²) in [6.07, 6.45) is 26.2. The molecule has 0 aliphatic rings. The van der Waals surface area contributed by atoms with E-state index >= 15 is 0 Å². The molecule has 0 aliphatic carbocycles. The summed E-state index contributed by atoms with van der Waals surface area (Å²) < 4.78 is 17.1. The summed E-state index contributed by atoms with van der Waals surface area (Å²) in [5.41, 5.74) is 24.4. The number of hydrogen-bond donors (Lipinski definition) is 0. The third-order valence-electron chi connectivity index (χ3n) is 24.4. The lowest BCUT2D eigenvalue weighted by atomic mass is 10.1. The molecule has 136 heavy (non-hydrogen) atoms. The number of benzene rings is 12. The van der Waals surface area contributed by atoms with Gasteiger partial charge in [0.25, 0.3) is 0 Å². The van der Waals surface area contributed by atoms with Gasteiger partial charge in [-0.05, 0) is 170 Å². The highest BCUT2D eigenvalue weighted by atomic mass is 15.3. The molecular weight excluding hydrogens is 1690 g/mol. The molecule has 0 fully saturated rings. The van der Waals surface area contributed by atoms with Crippen molar-refractivity contribution in [1.82, 2.24) is 136 Å². The van der Waals surface area contributed by atoms with Crippen molar-refractivity contribution in [3.63, 3.8) is 0 Å². The standard InChI is InChI=1S/4C27H17N7/c4*1-2-6-19(7-3-1)33-21-9-5-4-8-20(21)24-22(33)10-11-23-25(24)32-26(18-12-14-28-15-13-18)34(23)27-30-16-29-17-31-27/h4*1-17H. The van der Waals surface area contributed by atoms with Gasteiger partial charge in [0.2, 0.25) is 23.8 Å². The van der Waals surface area contributed by atoms with Crippen LogP contribution in [0.2, 0.25) is 0 Å². The predicted octanol–water partition coefficient (Wildman–Crippen LogP) is 21.5. The lowest BCUT2D eigenvalue weighted by Crippen LogP contribution is -2.03. The fourth-order valence-electron chi connectivity index (χ4n) is 18.8. The van der Waals surface area contributed by atoms with Gasteiger partial charge in [-0.3, -0.25) is 38.2 Å². The fourth-order valence-corrected chi connectivity index (χ4v) is 18.8. The Morgan fingerprint density at radius 2 is 0.331 bits per heavy atom. The van der Waals surface area contributed by atoms with Gasteiger partial charge in [0.1, 0.15) is 73.9 Å². The third kappa shape index (κ3) is 13.3. The van der Waals surface area contributed by atoms with E-state index in [4.69, 9.17) is 19.9 Å². The van der Waals surface area contributed by atoms with Gasteiger partial charge < -0.3 is 18.3 Å². The van der Waals surface area contributed by atoms with E-state index in [1.165, 1.54) is 50.6 Å². The fraction of sp³-hybridized carbons (Fsp3) is 0. The van der Waals surface area contributed by atoms with Gasteiger partial charge in [-0.2, -0.15) is 0 Å². The van der Waals surface area contributed by atoms with Crippen molar-refractivity contribution in [3.8, 4) is 92.1 Å². The Hall–Kier alpha value is -19.6. The number of para-hydroxylation sites is 8. The minimum atomic E-state index is 0.524. The molecule has 0 aliphatic heterocycles. The van der Waals surface area contributed by atoms with E-state index in [0.29, 0.717) is 23.8 Å². The van der Waals surface area contributed by atoms with Crippen LogP contribution in [0.25, 0.3) is 223 Å². The monoisotopic (exact) mass is 1760 g/mol. The SMILES string of the molecule is c1ccc(-n2c3ccccc3c3c4nc(-c5ccncc5)n(-c5ncncn5)c4ccc32)cc1.c1ccc(-n2c3ccccc3c3c4nc(-c5ccncc5)n(-c5ncncn5)c4ccc32)cc1.c1ccc(-n2c3ccccc3c3c4nc(-c5ccncc5)n(-c5ncncn5)c4ccc32)cc1.c1ccc(-n2c3ccccc3c3c4nc(-c5ccncc5)n(-c5ncncn5)c4ccc32)cc1. The van der Waals surface area contributed by atoms with Crippen LogP contribution in [0.15, 0.2) is 416 Å². The highest BCUT2D eigenvalue weighted by Crippen LogP contribution is 2.45. The topological polar surface area (TPSA) is 297 Å². The number of hydrogen-bond acceptors (Lipinski definition) is 20. The van der Waals surface area contributed by atoms with Crippen LogP contribution < -0.4 is 0 Å². The van der Waals surface area contributed by atoms with Gasteiger partial charge in [0, 0.05) is 138 Å². The summed E-state index contributed by atoms with van der Waals surface area (Å²) in [6, 6.07) is 108. The minimum Gasteiger partial charge on any atom is -0.309 e. The Balaban J connectivity index is 0.0000000965. The van der Waals surface area contributed by atoms with E-state index < -0.39 is 0 Å². The van der Waals surface area contributed by atoms with Crippen molar-refractivity contribution in [2.24, 2.45) is 0 Å². The van der Waals surface area contributed by atoms with Gasteiger partial charge in [-0.1, -0.05) is 146 Å². The Morgan fingerprint density at radius 1 is 0.147 bits per heavy atom. The zero-order valence-corrected chi connectivity index (χ0v) is 71.8. The molecule has 0 saturated heterocycles. The van der Waals surface area contributed by atoms with E-state index in [-0.39, 0.29) is 0 Å².